The van der Waals surface area contributed by atoms with Crippen molar-refractivity contribution >= 4 is 37.8 Å². The molecular weight excluding hydrogens is 328 g/mol. The van der Waals surface area contributed by atoms with E-state index in [1.807, 2.05) is 0 Å². The van der Waals surface area contributed by atoms with Crippen molar-refractivity contribution in [3.05, 3.63) is 26.4 Å². The SMILES string of the molecule is O=C(O)c1cc(Br)c(C(F)F)c(Br)n1. The molecule has 14 heavy (non-hydrogen) atoms. The Bertz CT molecular complexity index is 361. The number of carbonyl (C=O) groups is 1. The Hall–Kier alpha value is -0.560. The summed E-state index contributed by atoms with van der Waals surface area (Å²) in [5.74, 6) is -1.27. The quantitative estimate of drug-likeness (QED) is 0.847. The number of hydrogen-bond donors (Lipinski definition) is 1. The van der Waals surface area contributed by atoms with E-state index in [-0.39, 0.29) is 20.3 Å². The summed E-state index contributed by atoms with van der Waals surface area (Å²) in [6.07, 6.45) is -2.71. The Morgan fingerprint density at radius 3 is 2.43 bits per heavy atom. The lowest BCUT2D eigenvalue weighted by Crippen LogP contribution is -2.03. The Labute approximate surface area is 94.4 Å². The zero-order valence-corrected chi connectivity index (χ0v) is 9.64. The molecule has 0 aliphatic carbocycles. The number of pyridine rings is 1. The van der Waals surface area contributed by atoms with Gasteiger partial charge in [-0.15, -0.1) is 0 Å². The van der Waals surface area contributed by atoms with Gasteiger partial charge in [-0.05, 0) is 22.0 Å². The number of nitrogens with zero attached hydrogens (tertiary/aromatic N) is 1. The molecule has 0 aromatic carbocycles. The summed E-state index contributed by atoms with van der Waals surface area (Å²) >= 11 is 5.64. The minimum absolute atomic E-state index is 0.0202. The summed E-state index contributed by atoms with van der Waals surface area (Å²) in [6.45, 7) is 0. The van der Waals surface area contributed by atoms with E-state index in [9.17, 15) is 13.6 Å². The van der Waals surface area contributed by atoms with Crippen LogP contribution in [-0.4, -0.2) is 16.1 Å². The van der Waals surface area contributed by atoms with Crippen LogP contribution in [0.4, 0.5) is 8.78 Å². The molecule has 0 atom stereocenters. The topological polar surface area (TPSA) is 50.2 Å². The van der Waals surface area contributed by atoms with Crippen molar-refractivity contribution in [3.63, 3.8) is 0 Å². The number of rotatable bonds is 2. The number of alkyl halides is 2. The molecule has 1 aromatic heterocycles. The molecule has 0 saturated carbocycles. The molecule has 0 unspecified atom stereocenters. The second-order valence-corrected chi connectivity index (χ2v) is 3.91. The Kier molecular flexibility index (Phi) is 3.54. The van der Waals surface area contributed by atoms with Gasteiger partial charge < -0.3 is 5.11 Å². The minimum Gasteiger partial charge on any atom is -0.477 e. The Morgan fingerprint density at radius 2 is 2.07 bits per heavy atom. The monoisotopic (exact) mass is 329 g/mol. The van der Waals surface area contributed by atoms with E-state index >= 15 is 0 Å². The maximum Gasteiger partial charge on any atom is 0.354 e. The van der Waals surface area contributed by atoms with Crippen molar-refractivity contribution < 1.29 is 18.7 Å². The van der Waals surface area contributed by atoms with Crippen molar-refractivity contribution in [2.45, 2.75) is 6.43 Å². The van der Waals surface area contributed by atoms with Crippen molar-refractivity contribution in [2.75, 3.05) is 0 Å². The van der Waals surface area contributed by atoms with Crippen LogP contribution in [0.5, 0.6) is 0 Å². The average molecular weight is 331 g/mol. The van der Waals surface area contributed by atoms with Crippen LogP contribution in [0.15, 0.2) is 15.1 Å². The molecule has 1 rings (SSSR count). The van der Waals surface area contributed by atoms with Gasteiger partial charge in [-0.25, -0.2) is 18.6 Å². The number of carboxylic acids is 1. The van der Waals surface area contributed by atoms with Crippen LogP contribution in [0.3, 0.4) is 0 Å². The molecule has 1 N–H and O–H groups in total. The number of halogens is 4. The molecule has 0 bridgehead atoms. The highest BCUT2D eigenvalue weighted by Gasteiger charge is 2.19. The largest absolute Gasteiger partial charge is 0.477 e. The first-order chi connectivity index (χ1) is 6.43. The van der Waals surface area contributed by atoms with Gasteiger partial charge in [-0.1, -0.05) is 15.9 Å². The number of hydrogen-bond acceptors (Lipinski definition) is 2. The summed E-state index contributed by atoms with van der Waals surface area (Å²) in [4.78, 5) is 14.0. The van der Waals surface area contributed by atoms with Crippen molar-refractivity contribution in [1.29, 1.82) is 0 Å². The summed E-state index contributed by atoms with van der Waals surface area (Å²) in [5, 5.41) is 8.57. The van der Waals surface area contributed by atoms with Crippen molar-refractivity contribution in [1.82, 2.24) is 4.98 Å². The summed E-state index contributed by atoms with van der Waals surface area (Å²) < 4.78 is 24.6. The molecule has 3 nitrogen and oxygen atoms in total. The molecule has 1 heterocycles. The molecule has 0 fully saturated rings. The van der Waals surface area contributed by atoms with Gasteiger partial charge >= 0.3 is 5.97 Å². The molecule has 0 radical (unpaired) electrons. The summed E-state index contributed by atoms with van der Waals surface area (Å²) in [6, 6.07) is 1.04. The first-order valence-electron chi connectivity index (χ1n) is 3.31. The number of aromatic carboxylic acids is 1. The lowest BCUT2D eigenvalue weighted by atomic mass is 10.2. The van der Waals surface area contributed by atoms with E-state index in [1.165, 1.54) is 0 Å². The summed E-state index contributed by atoms with van der Waals surface area (Å²) in [7, 11) is 0. The van der Waals surface area contributed by atoms with Crippen LogP contribution >= 0.6 is 31.9 Å². The third kappa shape index (κ3) is 2.27. The normalized spacial score (nSPS) is 10.6. The first kappa shape index (κ1) is 11.5. The Balaban J connectivity index is 3.32. The zero-order chi connectivity index (χ0) is 10.9. The molecule has 7 heteroatoms. The van der Waals surface area contributed by atoms with Gasteiger partial charge in [0.2, 0.25) is 0 Å². The highest BCUT2D eigenvalue weighted by atomic mass is 79.9. The van der Waals surface area contributed by atoms with Crippen LogP contribution in [0.1, 0.15) is 22.5 Å². The maximum absolute atomic E-state index is 12.4. The maximum atomic E-state index is 12.4. The molecule has 1 aromatic rings. The van der Waals surface area contributed by atoms with Crippen LogP contribution in [0.25, 0.3) is 0 Å². The van der Waals surface area contributed by atoms with Gasteiger partial charge in [0.1, 0.15) is 4.60 Å². The Morgan fingerprint density at radius 1 is 1.50 bits per heavy atom. The number of carboxylic acid groups (broad SMARTS) is 1. The van der Waals surface area contributed by atoms with Crippen LogP contribution in [0.2, 0.25) is 0 Å². The molecule has 0 aliphatic rings. The first-order valence-corrected chi connectivity index (χ1v) is 4.89. The van der Waals surface area contributed by atoms with E-state index in [4.69, 9.17) is 5.11 Å². The lowest BCUT2D eigenvalue weighted by Gasteiger charge is -2.06. The predicted molar refractivity (Wildman–Crippen MR) is 51.6 cm³/mol. The molecule has 0 aliphatic heterocycles. The predicted octanol–water partition coefficient (Wildman–Crippen LogP) is 3.24. The van der Waals surface area contributed by atoms with E-state index in [0.29, 0.717) is 0 Å². The smallest absolute Gasteiger partial charge is 0.354 e. The fourth-order valence-electron chi connectivity index (χ4n) is 0.798. The lowest BCUT2D eigenvalue weighted by molar-refractivity contribution is 0.0689. The molecule has 0 amide bonds. The highest BCUT2D eigenvalue weighted by molar-refractivity contribution is 9.11. The minimum atomic E-state index is -2.71. The van der Waals surface area contributed by atoms with Gasteiger partial charge in [0, 0.05) is 4.47 Å². The van der Waals surface area contributed by atoms with E-state index in [0.717, 1.165) is 6.07 Å². The highest BCUT2D eigenvalue weighted by Crippen LogP contribution is 2.33. The van der Waals surface area contributed by atoms with Crippen molar-refractivity contribution in [3.8, 4) is 0 Å². The second kappa shape index (κ2) is 4.31. The van der Waals surface area contributed by atoms with Gasteiger partial charge in [0.25, 0.3) is 6.43 Å². The van der Waals surface area contributed by atoms with Gasteiger partial charge in [0.15, 0.2) is 5.69 Å². The molecule has 0 saturated heterocycles. The van der Waals surface area contributed by atoms with E-state index < -0.39 is 12.4 Å². The van der Waals surface area contributed by atoms with Crippen LogP contribution in [-0.2, 0) is 0 Å². The molecule has 0 spiro atoms. The number of aromatic nitrogens is 1. The van der Waals surface area contributed by atoms with Gasteiger partial charge in [-0.2, -0.15) is 0 Å². The fourth-order valence-corrected chi connectivity index (χ4v) is 2.22. The van der Waals surface area contributed by atoms with Gasteiger partial charge in [-0.3, -0.25) is 0 Å². The van der Waals surface area contributed by atoms with Crippen LogP contribution < -0.4 is 0 Å². The molecular formula is C7H3Br2F2NO2. The van der Waals surface area contributed by atoms with Crippen LogP contribution in [0, 0.1) is 0 Å². The third-order valence-corrected chi connectivity index (χ3v) is 2.66. The second-order valence-electron chi connectivity index (χ2n) is 2.30. The average Bonchev–Trinajstić information content (AvgIpc) is 2.01. The third-order valence-electron chi connectivity index (χ3n) is 1.40. The van der Waals surface area contributed by atoms with E-state index in [1.54, 1.807) is 0 Å². The zero-order valence-electron chi connectivity index (χ0n) is 6.47. The van der Waals surface area contributed by atoms with E-state index in [2.05, 4.69) is 36.8 Å². The summed E-state index contributed by atoms with van der Waals surface area (Å²) in [5.41, 5.74) is -0.650. The molecule has 76 valence electrons. The van der Waals surface area contributed by atoms with Crippen molar-refractivity contribution in [2.24, 2.45) is 0 Å². The van der Waals surface area contributed by atoms with Gasteiger partial charge in [0.05, 0.1) is 5.56 Å². The standard InChI is InChI=1S/C7H3Br2F2NO2/c8-2-1-3(7(13)14)12-5(9)4(2)6(10)11/h1,6H,(H,13,14). The fraction of sp³-hybridized carbons (Fsp3) is 0.143.